The van der Waals surface area contributed by atoms with Crippen LogP contribution in [-0.4, -0.2) is 11.2 Å². The summed E-state index contributed by atoms with van der Waals surface area (Å²) in [4.78, 5) is 0. The standard InChI is InChI=1S/C12H18O2/c1-8(2)14-12-7-9(3)5-6-11(12)10(4)13/h5-8,10,13H,1-4H3/t10-/m1/s1. The molecule has 0 aliphatic heterocycles. The summed E-state index contributed by atoms with van der Waals surface area (Å²) in [6.07, 6.45) is -0.348. The van der Waals surface area contributed by atoms with E-state index in [1.54, 1.807) is 6.92 Å². The SMILES string of the molecule is Cc1ccc([C@@H](C)O)c(OC(C)C)c1. The molecule has 0 aliphatic carbocycles. The largest absolute Gasteiger partial charge is 0.491 e. The highest BCUT2D eigenvalue weighted by atomic mass is 16.5. The number of aliphatic hydroxyl groups excluding tert-OH is 1. The predicted octanol–water partition coefficient (Wildman–Crippen LogP) is 2.84. The number of rotatable bonds is 3. The predicted molar refractivity (Wildman–Crippen MR) is 57.6 cm³/mol. The van der Waals surface area contributed by atoms with Crippen molar-refractivity contribution in [2.24, 2.45) is 0 Å². The first-order chi connectivity index (χ1) is 6.50. The van der Waals surface area contributed by atoms with Crippen LogP contribution in [0.4, 0.5) is 0 Å². The Morgan fingerprint density at radius 1 is 1.21 bits per heavy atom. The van der Waals surface area contributed by atoms with Gasteiger partial charge in [0.2, 0.25) is 0 Å². The van der Waals surface area contributed by atoms with Crippen LogP contribution in [0.25, 0.3) is 0 Å². The lowest BCUT2D eigenvalue weighted by Gasteiger charge is -2.16. The van der Waals surface area contributed by atoms with Gasteiger partial charge in [0, 0.05) is 5.56 Å². The van der Waals surface area contributed by atoms with Crippen LogP contribution < -0.4 is 4.74 Å². The van der Waals surface area contributed by atoms with Gasteiger partial charge in [-0.2, -0.15) is 0 Å². The second-order valence-corrected chi connectivity index (χ2v) is 3.88. The molecule has 1 aromatic carbocycles. The van der Waals surface area contributed by atoms with Gasteiger partial charge in [-0.05, 0) is 39.3 Å². The van der Waals surface area contributed by atoms with E-state index in [0.29, 0.717) is 0 Å². The van der Waals surface area contributed by atoms with Crippen LogP contribution >= 0.6 is 0 Å². The third-order valence-electron chi connectivity index (χ3n) is 1.98. The van der Waals surface area contributed by atoms with E-state index in [9.17, 15) is 5.11 Å². The fraction of sp³-hybridized carbons (Fsp3) is 0.500. The second kappa shape index (κ2) is 4.47. The molecule has 0 saturated heterocycles. The molecule has 0 spiro atoms. The number of ether oxygens (including phenoxy) is 1. The van der Waals surface area contributed by atoms with E-state index < -0.39 is 6.10 Å². The summed E-state index contributed by atoms with van der Waals surface area (Å²) in [5, 5.41) is 9.53. The monoisotopic (exact) mass is 194 g/mol. The first-order valence-corrected chi connectivity index (χ1v) is 4.96. The quantitative estimate of drug-likeness (QED) is 0.801. The van der Waals surface area contributed by atoms with Crippen LogP contribution in [0.1, 0.15) is 38.0 Å². The Morgan fingerprint density at radius 2 is 1.86 bits per heavy atom. The van der Waals surface area contributed by atoms with Crippen LogP contribution in [0.3, 0.4) is 0 Å². The van der Waals surface area contributed by atoms with E-state index in [-0.39, 0.29) is 6.10 Å². The molecule has 14 heavy (non-hydrogen) atoms. The average molecular weight is 194 g/mol. The number of hydrogen-bond donors (Lipinski definition) is 1. The van der Waals surface area contributed by atoms with Crippen molar-refractivity contribution in [2.45, 2.75) is 39.9 Å². The normalized spacial score (nSPS) is 13.0. The molecule has 2 heteroatoms. The van der Waals surface area contributed by atoms with E-state index in [4.69, 9.17) is 4.74 Å². The third kappa shape index (κ3) is 2.74. The molecule has 1 atom stereocenters. The minimum atomic E-state index is -0.482. The zero-order valence-corrected chi connectivity index (χ0v) is 9.24. The lowest BCUT2D eigenvalue weighted by atomic mass is 10.1. The molecule has 78 valence electrons. The second-order valence-electron chi connectivity index (χ2n) is 3.88. The molecule has 0 amide bonds. The van der Waals surface area contributed by atoms with Crippen molar-refractivity contribution in [1.82, 2.24) is 0 Å². The maximum absolute atomic E-state index is 9.53. The Morgan fingerprint density at radius 3 is 2.36 bits per heavy atom. The highest BCUT2D eigenvalue weighted by Gasteiger charge is 2.10. The molecular weight excluding hydrogens is 176 g/mol. The van der Waals surface area contributed by atoms with Crippen LogP contribution in [0.2, 0.25) is 0 Å². The fourth-order valence-corrected chi connectivity index (χ4v) is 1.34. The molecule has 0 unspecified atom stereocenters. The zero-order valence-electron chi connectivity index (χ0n) is 9.24. The lowest BCUT2D eigenvalue weighted by Crippen LogP contribution is -2.08. The summed E-state index contributed by atoms with van der Waals surface area (Å²) in [6, 6.07) is 5.86. The van der Waals surface area contributed by atoms with E-state index >= 15 is 0 Å². The minimum absolute atomic E-state index is 0.134. The smallest absolute Gasteiger partial charge is 0.125 e. The molecule has 0 saturated carbocycles. The number of benzene rings is 1. The third-order valence-corrected chi connectivity index (χ3v) is 1.98. The summed E-state index contributed by atoms with van der Waals surface area (Å²) in [6.45, 7) is 7.72. The molecule has 1 rings (SSSR count). The van der Waals surface area contributed by atoms with Gasteiger partial charge in [0.1, 0.15) is 5.75 Å². The van der Waals surface area contributed by atoms with Gasteiger partial charge < -0.3 is 9.84 Å². The average Bonchev–Trinajstić information content (AvgIpc) is 2.01. The van der Waals surface area contributed by atoms with Crippen molar-refractivity contribution in [3.8, 4) is 5.75 Å². The van der Waals surface area contributed by atoms with Crippen molar-refractivity contribution < 1.29 is 9.84 Å². The van der Waals surface area contributed by atoms with E-state index in [1.165, 1.54) is 0 Å². The molecule has 0 aromatic heterocycles. The van der Waals surface area contributed by atoms with Crippen molar-refractivity contribution >= 4 is 0 Å². The first-order valence-electron chi connectivity index (χ1n) is 4.96. The maximum Gasteiger partial charge on any atom is 0.125 e. The number of hydrogen-bond acceptors (Lipinski definition) is 2. The topological polar surface area (TPSA) is 29.5 Å². The summed E-state index contributed by atoms with van der Waals surface area (Å²) >= 11 is 0. The van der Waals surface area contributed by atoms with Crippen LogP contribution in [0.15, 0.2) is 18.2 Å². The van der Waals surface area contributed by atoms with Crippen molar-refractivity contribution in [3.63, 3.8) is 0 Å². The molecule has 2 nitrogen and oxygen atoms in total. The Balaban J connectivity index is 3.03. The molecule has 1 aromatic rings. The Labute approximate surface area is 85.5 Å². The Hall–Kier alpha value is -1.02. The molecular formula is C12H18O2. The summed E-state index contributed by atoms with van der Waals surface area (Å²) < 4.78 is 5.63. The minimum Gasteiger partial charge on any atom is -0.491 e. The van der Waals surface area contributed by atoms with Gasteiger partial charge in [0.25, 0.3) is 0 Å². The molecule has 0 bridgehead atoms. The van der Waals surface area contributed by atoms with Gasteiger partial charge in [-0.1, -0.05) is 12.1 Å². The summed E-state index contributed by atoms with van der Waals surface area (Å²) in [7, 11) is 0. The van der Waals surface area contributed by atoms with Gasteiger partial charge in [0.15, 0.2) is 0 Å². The highest BCUT2D eigenvalue weighted by Crippen LogP contribution is 2.26. The van der Waals surface area contributed by atoms with E-state index in [0.717, 1.165) is 16.9 Å². The molecule has 0 fully saturated rings. The Bertz CT molecular complexity index is 303. The first kappa shape index (κ1) is 11.1. The van der Waals surface area contributed by atoms with Crippen molar-refractivity contribution in [1.29, 1.82) is 0 Å². The molecule has 1 N–H and O–H groups in total. The molecule has 0 radical (unpaired) electrons. The van der Waals surface area contributed by atoms with Gasteiger partial charge in [-0.3, -0.25) is 0 Å². The number of aliphatic hydroxyl groups is 1. The van der Waals surface area contributed by atoms with Crippen molar-refractivity contribution in [2.75, 3.05) is 0 Å². The number of aryl methyl sites for hydroxylation is 1. The van der Waals surface area contributed by atoms with E-state index in [1.807, 2.05) is 39.0 Å². The molecule has 0 heterocycles. The van der Waals surface area contributed by atoms with Crippen LogP contribution in [0.5, 0.6) is 5.75 Å². The maximum atomic E-state index is 9.53. The van der Waals surface area contributed by atoms with Gasteiger partial charge in [0.05, 0.1) is 12.2 Å². The summed E-state index contributed by atoms with van der Waals surface area (Å²) in [5.74, 6) is 0.787. The van der Waals surface area contributed by atoms with E-state index in [2.05, 4.69) is 0 Å². The van der Waals surface area contributed by atoms with Crippen molar-refractivity contribution in [3.05, 3.63) is 29.3 Å². The lowest BCUT2D eigenvalue weighted by molar-refractivity contribution is 0.183. The van der Waals surface area contributed by atoms with Crippen LogP contribution in [-0.2, 0) is 0 Å². The molecule has 0 aliphatic rings. The fourth-order valence-electron chi connectivity index (χ4n) is 1.34. The summed E-state index contributed by atoms with van der Waals surface area (Å²) in [5.41, 5.74) is 1.99. The van der Waals surface area contributed by atoms with Crippen LogP contribution in [0, 0.1) is 6.92 Å². The zero-order chi connectivity index (χ0) is 10.7. The van der Waals surface area contributed by atoms with Gasteiger partial charge in [-0.15, -0.1) is 0 Å². The highest BCUT2D eigenvalue weighted by molar-refractivity contribution is 5.38. The Kier molecular flexibility index (Phi) is 3.53. The van der Waals surface area contributed by atoms with Gasteiger partial charge in [-0.25, -0.2) is 0 Å². The van der Waals surface area contributed by atoms with Gasteiger partial charge >= 0.3 is 0 Å².